The molecule has 66 valence electrons. The largest absolute Gasteiger partial charge is 0.496 e. The fourth-order valence-corrected chi connectivity index (χ4v) is 0.618. The molecule has 0 amide bonds. The number of ether oxygens (including phenoxy) is 1. The van der Waals surface area contributed by atoms with Crippen LogP contribution in [-0.2, 0) is 4.74 Å². The first-order chi connectivity index (χ1) is 5.20. The van der Waals surface area contributed by atoms with E-state index in [1.807, 2.05) is 6.92 Å². The normalized spacial score (nSPS) is 12.6. The topological polar surface area (TPSA) is 49.7 Å². The van der Waals surface area contributed by atoms with E-state index < -0.39 is 6.10 Å². The number of rotatable bonds is 6. The van der Waals surface area contributed by atoms with Gasteiger partial charge >= 0.3 is 0 Å². The van der Waals surface area contributed by atoms with Crippen molar-refractivity contribution in [1.29, 1.82) is 0 Å². The highest BCUT2D eigenvalue weighted by Crippen LogP contribution is 2.03. The molecule has 2 N–H and O–H groups in total. The van der Waals surface area contributed by atoms with E-state index in [9.17, 15) is 0 Å². The van der Waals surface area contributed by atoms with Gasteiger partial charge in [-0.3, -0.25) is 0 Å². The fraction of sp³-hybridized carbons (Fsp3) is 0.750. The summed E-state index contributed by atoms with van der Waals surface area (Å²) in [6.45, 7) is 5.53. The molecule has 3 nitrogen and oxygen atoms in total. The third-order valence-corrected chi connectivity index (χ3v) is 1.22. The Morgan fingerprint density at radius 1 is 1.64 bits per heavy atom. The van der Waals surface area contributed by atoms with Crippen LogP contribution in [0.5, 0.6) is 0 Å². The lowest BCUT2D eigenvalue weighted by Crippen LogP contribution is -2.18. The molecule has 0 aliphatic carbocycles. The zero-order valence-corrected chi connectivity index (χ0v) is 6.92. The van der Waals surface area contributed by atoms with Crippen LogP contribution in [-0.4, -0.2) is 29.5 Å². The van der Waals surface area contributed by atoms with Crippen molar-refractivity contribution in [1.82, 2.24) is 0 Å². The number of hydrogen-bond donors (Lipinski definition) is 2. The summed E-state index contributed by atoms with van der Waals surface area (Å²) in [4.78, 5) is 0. The van der Waals surface area contributed by atoms with Gasteiger partial charge in [0.15, 0.2) is 0 Å². The Morgan fingerprint density at radius 2 is 2.27 bits per heavy atom. The third kappa shape index (κ3) is 5.88. The van der Waals surface area contributed by atoms with Crippen LogP contribution in [0.25, 0.3) is 0 Å². The predicted octanol–water partition coefficient (Wildman–Crippen LogP) is 0.670. The first kappa shape index (κ1) is 10.5. The summed E-state index contributed by atoms with van der Waals surface area (Å²) < 4.78 is 5.03. The molecule has 11 heavy (non-hydrogen) atoms. The lowest BCUT2D eigenvalue weighted by atomic mass is 10.3. The van der Waals surface area contributed by atoms with E-state index in [1.165, 1.54) is 0 Å². The molecular formula is C8H16O3. The Hall–Kier alpha value is -0.540. The SMILES string of the molecule is C=C(CCC)OCC(O)CO. The van der Waals surface area contributed by atoms with E-state index in [1.54, 1.807) is 0 Å². The summed E-state index contributed by atoms with van der Waals surface area (Å²) in [6, 6.07) is 0. The van der Waals surface area contributed by atoms with Crippen LogP contribution in [0.2, 0.25) is 0 Å². The second kappa shape index (κ2) is 6.19. The molecule has 0 saturated carbocycles. The molecule has 0 aliphatic heterocycles. The van der Waals surface area contributed by atoms with Gasteiger partial charge in [-0.15, -0.1) is 0 Å². The number of aliphatic hydroxyl groups is 2. The summed E-state index contributed by atoms with van der Waals surface area (Å²) >= 11 is 0. The molecule has 0 heterocycles. The minimum atomic E-state index is -0.788. The Kier molecular flexibility index (Phi) is 5.88. The quantitative estimate of drug-likeness (QED) is 0.561. The fourth-order valence-electron chi connectivity index (χ4n) is 0.618. The second-order valence-corrected chi connectivity index (χ2v) is 2.44. The highest BCUT2D eigenvalue weighted by molar-refractivity contribution is 4.81. The standard InChI is InChI=1S/C8H16O3/c1-3-4-7(2)11-6-8(10)5-9/h8-10H,2-6H2,1H3. The van der Waals surface area contributed by atoms with Crippen LogP contribution < -0.4 is 0 Å². The van der Waals surface area contributed by atoms with Crippen molar-refractivity contribution >= 4 is 0 Å². The number of allylic oxidation sites excluding steroid dienone is 1. The first-order valence-corrected chi connectivity index (χ1v) is 3.80. The van der Waals surface area contributed by atoms with Crippen molar-refractivity contribution in [2.24, 2.45) is 0 Å². The van der Waals surface area contributed by atoms with Crippen LogP contribution in [0.4, 0.5) is 0 Å². The van der Waals surface area contributed by atoms with E-state index in [0.717, 1.165) is 12.8 Å². The van der Waals surface area contributed by atoms with Gasteiger partial charge in [-0.25, -0.2) is 0 Å². The van der Waals surface area contributed by atoms with E-state index in [-0.39, 0.29) is 13.2 Å². The van der Waals surface area contributed by atoms with Gasteiger partial charge in [0, 0.05) is 6.42 Å². The molecule has 0 bridgehead atoms. The molecule has 1 unspecified atom stereocenters. The van der Waals surface area contributed by atoms with Crippen molar-refractivity contribution in [3.63, 3.8) is 0 Å². The maximum Gasteiger partial charge on any atom is 0.116 e. The molecule has 0 spiro atoms. The van der Waals surface area contributed by atoms with Gasteiger partial charge in [-0.05, 0) is 6.42 Å². The van der Waals surface area contributed by atoms with Crippen molar-refractivity contribution in [2.75, 3.05) is 13.2 Å². The minimum absolute atomic E-state index is 0.134. The van der Waals surface area contributed by atoms with Crippen LogP contribution in [0.3, 0.4) is 0 Å². The number of aliphatic hydroxyl groups excluding tert-OH is 2. The van der Waals surface area contributed by atoms with Crippen LogP contribution in [0, 0.1) is 0 Å². The van der Waals surface area contributed by atoms with Crippen LogP contribution >= 0.6 is 0 Å². The number of hydrogen-bond acceptors (Lipinski definition) is 3. The summed E-state index contributed by atoms with van der Waals surface area (Å²) in [6.07, 6.45) is 0.996. The molecule has 0 aromatic rings. The van der Waals surface area contributed by atoms with E-state index in [0.29, 0.717) is 5.76 Å². The Bertz CT molecular complexity index is 112. The van der Waals surface area contributed by atoms with Gasteiger partial charge < -0.3 is 14.9 Å². The minimum Gasteiger partial charge on any atom is -0.496 e. The molecule has 0 aliphatic rings. The molecule has 0 radical (unpaired) electrons. The molecule has 0 aromatic heterocycles. The van der Waals surface area contributed by atoms with E-state index in [4.69, 9.17) is 14.9 Å². The Labute approximate surface area is 67.3 Å². The third-order valence-electron chi connectivity index (χ3n) is 1.22. The zero-order valence-electron chi connectivity index (χ0n) is 6.92. The van der Waals surface area contributed by atoms with Gasteiger partial charge in [-0.2, -0.15) is 0 Å². The highest BCUT2D eigenvalue weighted by Gasteiger charge is 2.02. The molecule has 1 atom stereocenters. The van der Waals surface area contributed by atoms with E-state index in [2.05, 4.69) is 6.58 Å². The summed E-state index contributed by atoms with van der Waals surface area (Å²) in [5.41, 5.74) is 0. The Balaban J connectivity index is 3.30. The summed E-state index contributed by atoms with van der Waals surface area (Å²) in [7, 11) is 0. The monoisotopic (exact) mass is 160 g/mol. The average molecular weight is 160 g/mol. The van der Waals surface area contributed by atoms with E-state index >= 15 is 0 Å². The van der Waals surface area contributed by atoms with Crippen LogP contribution in [0.15, 0.2) is 12.3 Å². The molecule has 0 fully saturated rings. The second-order valence-electron chi connectivity index (χ2n) is 2.44. The molecule has 0 rings (SSSR count). The zero-order chi connectivity index (χ0) is 8.69. The first-order valence-electron chi connectivity index (χ1n) is 3.80. The Morgan fingerprint density at radius 3 is 2.73 bits per heavy atom. The molecule has 0 aromatic carbocycles. The van der Waals surface area contributed by atoms with Gasteiger partial charge in [0.2, 0.25) is 0 Å². The molecular weight excluding hydrogens is 144 g/mol. The summed E-state index contributed by atoms with van der Waals surface area (Å²) in [5, 5.41) is 17.3. The molecule has 3 heteroatoms. The predicted molar refractivity (Wildman–Crippen MR) is 43.1 cm³/mol. The lowest BCUT2D eigenvalue weighted by Gasteiger charge is -2.10. The maximum absolute atomic E-state index is 8.86. The smallest absolute Gasteiger partial charge is 0.116 e. The van der Waals surface area contributed by atoms with Crippen molar-refractivity contribution < 1.29 is 14.9 Å². The van der Waals surface area contributed by atoms with Gasteiger partial charge in [-0.1, -0.05) is 13.5 Å². The highest BCUT2D eigenvalue weighted by atomic mass is 16.5. The van der Waals surface area contributed by atoms with Gasteiger partial charge in [0.1, 0.15) is 12.7 Å². The van der Waals surface area contributed by atoms with Gasteiger partial charge in [0.25, 0.3) is 0 Å². The average Bonchev–Trinajstić information content (AvgIpc) is 2.01. The lowest BCUT2D eigenvalue weighted by molar-refractivity contribution is 0.0286. The van der Waals surface area contributed by atoms with Crippen molar-refractivity contribution in [3.8, 4) is 0 Å². The van der Waals surface area contributed by atoms with Gasteiger partial charge in [0.05, 0.1) is 12.4 Å². The molecule has 0 saturated heterocycles. The van der Waals surface area contributed by atoms with Crippen molar-refractivity contribution in [3.05, 3.63) is 12.3 Å². The van der Waals surface area contributed by atoms with Crippen LogP contribution in [0.1, 0.15) is 19.8 Å². The van der Waals surface area contributed by atoms with Crippen molar-refractivity contribution in [2.45, 2.75) is 25.9 Å². The summed E-state index contributed by atoms with van der Waals surface area (Å²) in [5.74, 6) is 0.667. The maximum atomic E-state index is 8.86.